The average Bonchev–Trinajstić information content (AvgIpc) is 2.69. The van der Waals surface area contributed by atoms with Crippen LogP contribution >= 0.6 is 12.4 Å². The van der Waals surface area contributed by atoms with Gasteiger partial charge in [0.1, 0.15) is 4.86 Å². The van der Waals surface area contributed by atoms with E-state index in [-0.39, 0.29) is 23.1 Å². The van der Waals surface area contributed by atoms with Crippen LogP contribution in [0.4, 0.5) is 0 Å². The zero-order chi connectivity index (χ0) is 12.0. The van der Waals surface area contributed by atoms with Gasteiger partial charge in [0.15, 0.2) is 0 Å². The Bertz CT molecular complexity index is 731. The molecule has 0 bridgehead atoms. The summed E-state index contributed by atoms with van der Waals surface area (Å²) in [6.07, 6.45) is 3.62. The van der Waals surface area contributed by atoms with Gasteiger partial charge in [0.25, 0.3) is 0 Å². The Morgan fingerprint density at radius 1 is 1.06 bits per heavy atom. The SMILES string of the molecule is Cl.O=C1C2=C(C=CC1=S(=O)=O)c1ccccc1C2. The number of hydrogen-bond donors (Lipinski definition) is 0. The van der Waals surface area contributed by atoms with E-state index in [2.05, 4.69) is 0 Å². The minimum absolute atomic E-state index is 0. The molecule has 92 valence electrons. The number of hydrogen-bond acceptors (Lipinski definition) is 3. The summed E-state index contributed by atoms with van der Waals surface area (Å²) >= 11 is 0. The molecule has 3 rings (SSSR count). The lowest BCUT2D eigenvalue weighted by Crippen LogP contribution is -2.18. The molecule has 0 aliphatic heterocycles. The van der Waals surface area contributed by atoms with E-state index in [9.17, 15) is 13.2 Å². The summed E-state index contributed by atoms with van der Waals surface area (Å²) in [5, 5.41) is 0. The number of carbonyl (C=O) groups excluding carboxylic acids is 1. The Kier molecular flexibility index (Phi) is 3.24. The highest BCUT2D eigenvalue weighted by Crippen LogP contribution is 2.36. The molecule has 1 aromatic rings. The van der Waals surface area contributed by atoms with Crippen LogP contribution in [0.2, 0.25) is 0 Å². The van der Waals surface area contributed by atoms with Gasteiger partial charge in [-0.3, -0.25) is 4.79 Å². The Hall–Kier alpha value is -1.65. The van der Waals surface area contributed by atoms with E-state index >= 15 is 0 Å². The highest BCUT2D eigenvalue weighted by atomic mass is 35.5. The zero-order valence-electron chi connectivity index (χ0n) is 9.21. The third-order valence-corrected chi connectivity index (χ3v) is 3.76. The second-order valence-electron chi connectivity index (χ2n) is 3.99. The van der Waals surface area contributed by atoms with Gasteiger partial charge in [0, 0.05) is 12.0 Å². The summed E-state index contributed by atoms with van der Waals surface area (Å²) in [4.78, 5) is 11.8. The van der Waals surface area contributed by atoms with Crippen LogP contribution in [0.5, 0.6) is 0 Å². The molecule has 0 unspecified atom stereocenters. The van der Waals surface area contributed by atoms with Crippen molar-refractivity contribution in [2.45, 2.75) is 6.42 Å². The van der Waals surface area contributed by atoms with Crippen LogP contribution in [-0.2, 0) is 21.5 Å². The predicted molar refractivity (Wildman–Crippen MR) is 72.4 cm³/mol. The third-order valence-electron chi connectivity index (χ3n) is 3.08. The maximum absolute atomic E-state index is 12.0. The fourth-order valence-electron chi connectivity index (χ4n) is 2.29. The molecule has 0 saturated carbocycles. The minimum Gasteiger partial charge on any atom is -0.288 e. The van der Waals surface area contributed by atoms with E-state index in [1.807, 2.05) is 24.3 Å². The van der Waals surface area contributed by atoms with Crippen LogP contribution in [-0.4, -0.2) is 19.1 Å². The van der Waals surface area contributed by atoms with Crippen LogP contribution in [0.3, 0.4) is 0 Å². The molecule has 2 aliphatic rings. The van der Waals surface area contributed by atoms with E-state index in [0.29, 0.717) is 12.0 Å². The molecule has 0 amide bonds. The number of ketones is 1. The quantitative estimate of drug-likeness (QED) is 0.679. The topological polar surface area (TPSA) is 51.2 Å². The van der Waals surface area contributed by atoms with Crippen molar-refractivity contribution in [2.24, 2.45) is 0 Å². The van der Waals surface area contributed by atoms with Crippen LogP contribution in [0.25, 0.3) is 5.57 Å². The van der Waals surface area contributed by atoms with Crippen molar-refractivity contribution in [1.82, 2.24) is 0 Å². The number of halogens is 1. The first kappa shape index (κ1) is 12.8. The van der Waals surface area contributed by atoms with Gasteiger partial charge in [-0.05, 0) is 22.8 Å². The van der Waals surface area contributed by atoms with Gasteiger partial charge in [-0.2, -0.15) is 8.42 Å². The van der Waals surface area contributed by atoms with Crippen molar-refractivity contribution >= 4 is 38.9 Å². The molecule has 2 aliphatic carbocycles. The number of fused-ring (bicyclic) bond motifs is 2. The highest BCUT2D eigenvalue weighted by molar-refractivity contribution is 7.75. The summed E-state index contributed by atoms with van der Waals surface area (Å²) in [5.74, 6) is -0.368. The molecular weight excluding hydrogens is 272 g/mol. The standard InChI is InChI=1S/C13H8O3S.ClH/c14-13-11-7-8-3-1-2-4-9(8)10(11)5-6-12(13)17(15)16;/h1-6H,7H2;1H. The molecule has 18 heavy (non-hydrogen) atoms. The Morgan fingerprint density at radius 3 is 2.50 bits per heavy atom. The largest absolute Gasteiger partial charge is 0.288 e. The molecule has 0 heterocycles. The van der Waals surface area contributed by atoms with E-state index in [4.69, 9.17) is 0 Å². The van der Waals surface area contributed by atoms with Crippen molar-refractivity contribution < 1.29 is 13.2 Å². The summed E-state index contributed by atoms with van der Waals surface area (Å²) < 4.78 is 21.8. The maximum Gasteiger partial charge on any atom is 0.225 e. The Balaban J connectivity index is 0.00000120. The van der Waals surface area contributed by atoms with Crippen molar-refractivity contribution in [1.29, 1.82) is 0 Å². The second-order valence-corrected chi connectivity index (χ2v) is 4.90. The molecule has 0 radical (unpaired) electrons. The molecule has 0 atom stereocenters. The molecule has 0 fully saturated rings. The van der Waals surface area contributed by atoms with Crippen molar-refractivity contribution in [3.63, 3.8) is 0 Å². The predicted octanol–water partition coefficient (Wildman–Crippen LogP) is 1.61. The number of carbonyl (C=O) groups is 1. The van der Waals surface area contributed by atoms with E-state index < -0.39 is 10.3 Å². The fraction of sp³-hybridized carbons (Fsp3) is 0.0769. The zero-order valence-corrected chi connectivity index (χ0v) is 10.8. The number of rotatable bonds is 0. The van der Waals surface area contributed by atoms with Crippen LogP contribution in [0.1, 0.15) is 11.1 Å². The van der Waals surface area contributed by atoms with Crippen molar-refractivity contribution in [2.75, 3.05) is 0 Å². The summed E-state index contributed by atoms with van der Waals surface area (Å²) in [6, 6.07) is 7.75. The minimum atomic E-state index is -2.46. The number of benzene rings is 1. The van der Waals surface area contributed by atoms with Crippen molar-refractivity contribution in [3.8, 4) is 0 Å². The van der Waals surface area contributed by atoms with Crippen LogP contribution in [0.15, 0.2) is 42.0 Å². The lowest BCUT2D eigenvalue weighted by atomic mass is 9.97. The van der Waals surface area contributed by atoms with Crippen molar-refractivity contribution in [3.05, 3.63) is 53.1 Å². The maximum atomic E-state index is 12.0. The van der Waals surface area contributed by atoms with Gasteiger partial charge < -0.3 is 0 Å². The van der Waals surface area contributed by atoms with E-state index in [1.54, 1.807) is 6.08 Å². The lowest BCUT2D eigenvalue weighted by molar-refractivity contribution is -0.109. The molecular formula is C13H9ClO3S. The van der Waals surface area contributed by atoms with Crippen LogP contribution in [0, 0.1) is 0 Å². The molecule has 0 N–H and O–H groups in total. The second kappa shape index (κ2) is 4.55. The van der Waals surface area contributed by atoms with E-state index in [1.165, 1.54) is 6.08 Å². The Morgan fingerprint density at radius 2 is 1.78 bits per heavy atom. The lowest BCUT2D eigenvalue weighted by Gasteiger charge is -2.07. The molecule has 5 heteroatoms. The first-order valence-corrected chi connectivity index (χ1v) is 6.26. The van der Waals surface area contributed by atoms with Gasteiger partial charge in [0.2, 0.25) is 16.1 Å². The molecule has 3 nitrogen and oxygen atoms in total. The van der Waals surface area contributed by atoms with Gasteiger partial charge in [-0.1, -0.05) is 30.3 Å². The molecule has 0 saturated heterocycles. The Labute approximate surface area is 112 Å². The number of allylic oxidation sites excluding steroid dienone is 4. The molecule has 0 aromatic heterocycles. The van der Waals surface area contributed by atoms with Gasteiger partial charge in [-0.25, -0.2) is 0 Å². The smallest absolute Gasteiger partial charge is 0.225 e. The third kappa shape index (κ3) is 1.74. The highest BCUT2D eigenvalue weighted by Gasteiger charge is 2.29. The first-order valence-electron chi connectivity index (χ1n) is 5.19. The summed E-state index contributed by atoms with van der Waals surface area (Å²) in [5.41, 5.74) is 3.56. The van der Waals surface area contributed by atoms with Gasteiger partial charge in [0.05, 0.1) is 0 Å². The first-order chi connectivity index (χ1) is 8.18. The van der Waals surface area contributed by atoms with Gasteiger partial charge >= 0.3 is 0 Å². The van der Waals surface area contributed by atoms with Crippen LogP contribution < -0.4 is 0 Å². The summed E-state index contributed by atoms with van der Waals surface area (Å²) in [7, 11) is -2.46. The molecule has 1 aromatic carbocycles. The number of Topliss-reactive ketones (excluding diaryl/α,β-unsaturated/α-hetero) is 1. The van der Waals surface area contributed by atoms with E-state index in [0.717, 1.165) is 16.7 Å². The average molecular weight is 281 g/mol. The van der Waals surface area contributed by atoms with Gasteiger partial charge in [-0.15, -0.1) is 12.4 Å². The normalized spacial score (nSPS) is 16.2. The summed E-state index contributed by atoms with van der Waals surface area (Å²) in [6.45, 7) is 0. The molecule has 0 spiro atoms. The monoisotopic (exact) mass is 280 g/mol. The fourth-order valence-corrected chi connectivity index (χ4v) is 2.75.